The molecule has 0 amide bonds. The zero-order valence-corrected chi connectivity index (χ0v) is 13.4. The molecule has 0 N–H and O–H groups in total. The molecule has 0 spiro atoms. The van der Waals surface area contributed by atoms with E-state index in [2.05, 4.69) is 9.88 Å². The van der Waals surface area contributed by atoms with Gasteiger partial charge < -0.3 is 4.42 Å². The van der Waals surface area contributed by atoms with Gasteiger partial charge in [-0.1, -0.05) is 6.07 Å². The van der Waals surface area contributed by atoms with Crippen LogP contribution in [0.5, 0.6) is 0 Å². The van der Waals surface area contributed by atoms with Crippen molar-refractivity contribution in [3.05, 3.63) is 29.5 Å². The quantitative estimate of drug-likeness (QED) is 0.851. The van der Waals surface area contributed by atoms with Gasteiger partial charge in [0.25, 0.3) is 0 Å². The molecule has 0 aromatic carbocycles. The van der Waals surface area contributed by atoms with Gasteiger partial charge in [0.05, 0.1) is 16.8 Å². The highest BCUT2D eigenvalue weighted by atomic mass is 32.2. The Kier molecular flexibility index (Phi) is 4.12. The summed E-state index contributed by atoms with van der Waals surface area (Å²) in [4.78, 5) is 7.69. The number of hydrogen-bond donors (Lipinski definition) is 0. The van der Waals surface area contributed by atoms with Crippen LogP contribution in [-0.2, 0) is 16.6 Å². The Labute approximate surface area is 128 Å². The number of thiophene rings is 1. The summed E-state index contributed by atoms with van der Waals surface area (Å²) < 4.78 is 29.9. The highest BCUT2D eigenvalue weighted by molar-refractivity contribution is 7.88. The normalized spacial score (nSPS) is 18.1. The first-order valence-corrected chi connectivity index (χ1v) is 9.41. The summed E-state index contributed by atoms with van der Waals surface area (Å²) in [5.41, 5.74) is 0.881. The third kappa shape index (κ3) is 3.52. The SMILES string of the molecule is CS(=O)(=O)N1CCN(Cc2coc(-c3cccs3)n2)CC1. The van der Waals surface area contributed by atoms with Crippen molar-refractivity contribution in [3.63, 3.8) is 0 Å². The Balaban J connectivity index is 1.59. The van der Waals surface area contributed by atoms with Crippen molar-refractivity contribution < 1.29 is 12.8 Å². The first-order chi connectivity index (χ1) is 10.0. The second-order valence-electron chi connectivity index (χ2n) is 5.06. The molecule has 0 radical (unpaired) electrons. The van der Waals surface area contributed by atoms with Gasteiger partial charge in [0, 0.05) is 32.7 Å². The summed E-state index contributed by atoms with van der Waals surface area (Å²) in [5.74, 6) is 0.648. The lowest BCUT2D eigenvalue weighted by atomic mass is 10.3. The summed E-state index contributed by atoms with van der Waals surface area (Å²) in [6, 6.07) is 3.94. The van der Waals surface area contributed by atoms with E-state index in [1.165, 1.54) is 10.6 Å². The van der Waals surface area contributed by atoms with Crippen molar-refractivity contribution in [3.8, 4) is 10.8 Å². The van der Waals surface area contributed by atoms with E-state index in [0.29, 0.717) is 38.6 Å². The fourth-order valence-electron chi connectivity index (χ4n) is 2.34. The number of hydrogen-bond acceptors (Lipinski definition) is 6. The summed E-state index contributed by atoms with van der Waals surface area (Å²) in [6.07, 6.45) is 2.94. The van der Waals surface area contributed by atoms with E-state index >= 15 is 0 Å². The van der Waals surface area contributed by atoms with Crippen molar-refractivity contribution in [1.29, 1.82) is 0 Å². The highest BCUT2D eigenvalue weighted by Crippen LogP contribution is 2.24. The van der Waals surface area contributed by atoms with Gasteiger partial charge in [0.15, 0.2) is 0 Å². The van der Waals surface area contributed by atoms with Gasteiger partial charge in [0.2, 0.25) is 15.9 Å². The standard InChI is InChI=1S/C13H17N3O3S2/c1-21(17,18)16-6-4-15(5-7-16)9-11-10-19-13(14-11)12-3-2-8-20-12/h2-3,8,10H,4-7,9H2,1H3. The summed E-state index contributed by atoms with van der Waals surface area (Å²) in [5, 5.41) is 1.99. The van der Waals surface area contributed by atoms with Crippen molar-refractivity contribution in [2.45, 2.75) is 6.54 Å². The lowest BCUT2D eigenvalue weighted by molar-refractivity contribution is 0.180. The van der Waals surface area contributed by atoms with E-state index < -0.39 is 10.0 Å². The molecule has 1 saturated heterocycles. The number of nitrogens with zero attached hydrogens (tertiary/aromatic N) is 3. The fourth-order valence-corrected chi connectivity index (χ4v) is 3.82. The molecule has 1 aliphatic heterocycles. The molecule has 3 heterocycles. The first kappa shape index (κ1) is 14.7. The van der Waals surface area contributed by atoms with Crippen LogP contribution in [0.2, 0.25) is 0 Å². The second kappa shape index (κ2) is 5.88. The molecule has 2 aromatic rings. The van der Waals surface area contributed by atoms with Crippen LogP contribution in [-0.4, -0.2) is 55.0 Å². The molecule has 1 aliphatic rings. The highest BCUT2D eigenvalue weighted by Gasteiger charge is 2.23. The molecular formula is C13H17N3O3S2. The Morgan fingerprint density at radius 3 is 2.71 bits per heavy atom. The Morgan fingerprint density at radius 2 is 2.10 bits per heavy atom. The molecule has 2 aromatic heterocycles. The van der Waals surface area contributed by atoms with Gasteiger partial charge in [-0.05, 0) is 11.4 Å². The fraction of sp³-hybridized carbons (Fsp3) is 0.462. The van der Waals surface area contributed by atoms with Crippen LogP contribution in [0.25, 0.3) is 10.8 Å². The summed E-state index contributed by atoms with van der Waals surface area (Å²) in [7, 11) is -3.07. The maximum absolute atomic E-state index is 11.5. The molecule has 21 heavy (non-hydrogen) atoms. The minimum Gasteiger partial charge on any atom is -0.444 e. The zero-order valence-electron chi connectivity index (χ0n) is 11.7. The Bertz CT molecular complexity index is 686. The van der Waals surface area contributed by atoms with E-state index in [0.717, 1.165) is 10.6 Å². The molecule has 0 bridgehead atoms. The molecule has 6 nitrogen and oxygen atoms in total. The number of rotatable bonds is 4. The second-order valence-corrected chi connectivity index (χ2v) is 7.99. The van der Waals surface area contributed by atoms with Crippen molar-refractivity contribution >= 4 is 21.4 Å². The monoisotopic (exact) mass is 327 g/mol. The third-order valence-corrected chi connectivity index (χ3v) is 5.63. The average Bonchev–Trinajstić information content (AvgIpc) is 3.08. The maximum Gasteiger partial charge on any atom is 0.236 e. The van der Waals surface area contributed by atoms with Crippen LogP contribution in [0.1, 0.15) is 5.69 Å². The van der Waals surface area contributed by atoms with E-state index in [1.54, 1.807) is 17.6 Å². The zero-order chi connectivity index (χ0) is 14.9. The van der Waals surface area contributed by atoms with E-state index in [1.807, 2.05) is 17.5 Å². The number of aromatic nitrogens is 1. The molecule has 3 rings (SSSR count). The Morgan fingerprint density at radius 1 is 1.33 bits per heavy atom. The van der Waals surface area contributed by atoms with Crippen molar-refractivity contribution in [2.24, 2.45) is 0 Å². The minimum atomic E-state index is -3.07. The van der Waals surface area contributed by atoms with Gasteiger partial charge in [-0.15, -0.1) is 11.3 Å². The lowest BCUT2D eigenvalue weighted by Gasteiger charge is -2.32. The number of oxazole rings is 1. The van der Waals surface area contributed by atoms with E-state index in [9.17, 15) is 8.42 Å². The van der Waals surface area contributed by atoms with Gasteiger partial charge in [0.1, 0.15) is 6.26 Å². The van der Waals surface area contributed by atoms with Gasteiger partial charge in [-0.25, -0.2) is 13.4 Å². The van der Waals surface area contributed by atoms with Crippen LogP contribution < -0.4 is 0 Å². The average molecular weight is 327 g/mol. The van der Waals surface area contributed by atoms with Gasteiger partial charge in [-0.2, -0.15) is 4.31 Å². The van der Waals surface area contributed by atoms with Crippen LogP contribution in [0, 0.1) is 0 Å². The van der Waals surface area contributed by atoms with Gasteiger partial charge >= 0.3 is 0 Å². The predicted molar refractivity (Wildman–Crippen MR) is 81.5 cm³/mol. The first-order valence-electron chi connectivity index (χ1n) is 6.68. The molecule has 114 valence electrons. The van der Waals surface area contributed by atoms with Crippen LogP contribution in [0.3, 0.4) is 0 Å². The smallest absolute Gasteiger partial charge is 0.236 e. The lowest BCUT2D eigenvalue weighted by Crippen LogP contribution is -2.47. The molecule has 1 fully saturated rings. The third-order valence-electron chi connectivity index (χ3n) is 3.47. The van der Waals surface area contributed by atoms with Gasteiger partial charge in [-0.3, -0.25) is 4.90 Å². The predicted octanol–water partition coefficient (Wildman–Crippen LogP) is 1.48. The minimum absolute atomic E-state index is 0.536. The number of piperazine rings is 1. The molecular weight excluding hydrogens is 310 g/mol. The van der Waals surface area contributed by atoms with Crippen LogP contribution >= 0.6 is 11.3 Å². The van der Waals surface area contributed by atoms with E-state index in [-0.39, 0.29) is 0 Å². The van der Waals surface area contributed by atoms with Crippen LogP contribution in [0.15, 0.2) is 28.2 Å². The molecule has 0 aliphatic carbocycles. The number of sulfonamides is 1. The Hall–Kier alpha value is -1.22. The van der Waals surface area contributed by atoms with Crippen LogP contribution in [0.4, 0.5) is 0 Å². The van der Waals surface area contributed by atoms with Crippen molar-refractivity contribution in [1.82, 2.24) is 14.2 Å². The summed E-state index contributed by atoms with van der Waals surface area (Å²) >= 11 is 1.60. The topological polar surface area (TPSA) is 66.7 Å². The molecule has 0 saturated carbocycles. The molecule has 0 unspecified atom stereocenters. The largest absolute Gasteiger partial charge is 0.444 e. The molecule has 0 atom stereocenters. The van der Waals surface area contributed by atoms with E-state index in [4.69, 9.17) is 4.42 Å². The molecule has 8 heteroatoms. The van der Waals surface area contributed by atoms with Crippen molar-refractivity contribution in [2.75, 3.05) is 32.4 Å². The summed E-state index contributed by atoms with van der Waals surface area (Å²) in [6.45, 7) is 3.19. The maximum atomic E-state index is 11.5.